The van der Waals surface area contributed by atoms with Gasteiger partial charge in [-0.25, -0.2) is 4.79 Å². The quantitative estimate of drug-likeness (QED) is 0.558. The lowest BCUT2D eigenvalue weighted by Crippen LogP contribution is -2.37. The molecular weight excluding hydrogens is 358 g/mol. The van der Waals surface area contributed by atoms with E-state index in [1.54, 1.807) is 19.0 Å². The van der Waals surface area contributed by atoms with Gasteiger partial charge in [-0.05, 0) is 15.9 Å². The molecule has 2 N–H and O–H groups in total. The van der Waals surface area contributed by atoms with Gasteiger partial charge in [-0.15, -0.1) is 0 Å². The Labute approximate surface area is 115 Å². The van der Waals surface area contributed by atoms with Gasteiger partial charge in [0.25, 0.3) is 0 Å². The number of carbonyl (C=O) groups is 2. The molecule has 0 fully saturated rings. The molecule has 0 aromatic carbocycles. The number of hydrogen-bond acceptors (Lipinski definition) is 4. The molecule has 2 unspecified atom stereocenters. The Morgan fingerprint density at radius 1 is 1.47 bits per heavy atom. The average Bonchev–Trinajstić information content (AvgIpc) is 2.21. The monoisotopic (exact) mass is 367 g/mol. The Morgan fingerprint density at radius 2 is 2.00 bits per heavy atom. The van der Waals surface area contributed by atoms with E-state index in [1.807, 2.05) is 0 Å². The smallest absolute Gasteiger partial charge is 0.334 e. The third-order valence-electron chi connectivity index (χ3n) is 2.20. The van der Waals surface area contributed by atoms with Crippen molar-refractivity contribution in [3.63, 3.8) is 0 Å². The number of aliphatic carboxylic acids is 1. The van der Waals surface area contributed by atoms with Crippen LogP contribution in [0.15, 0.2) is 21.8 Å². The van der Waals surface area contributed by atoms with Crippen LogP contribution in [0.5, 0.6) is 0 Å². The summed E-state index contributed by atoms with van der Waals surface area (Å²) in [5.41, 5.74) is -0.0212. The molecule has 2 atom stereocenters. The number of carbonyl (C=O) groups excluding carboxylic acids is 1. The molecule has 0 spiro atoms. The van der Waals surface area contributed by atoms with E-state index >= 15 is 0 Å². The van der Waals surface area contributed by atoms with Crippen molar-refractivity contribution in [1.29, 1.82) is 0 Å². The fraction of sp³-hybridized carbons (Fsp3) is 0.400. The maximum atomic E-state index is 11.9. The number of rotatable bonds is 2. The lowest BCUT2D eigenvalue weighted by Gasteiger charge is -2.27. The molecule has 1 rings (SSSR count). The van der Waals surface area contributed by atoms with Crippen LogP contribution in [0.3, 0.4) is 0 Å². The van der Waals surface area contributed by atoms with E-state index in [0.717, 1.165) is 0 Å². The molecule has 0 amide bonds. The third-order valence-corrected chi connectivity index (χ3v) is 3.94. The van der Waals surface area contributed by atoms with Gasteiger partial charge in [0.15, 0.2) is 0 Å². The molecule has 7 heteroatoms. The summed E-state index contributed by atoms with van der Waals surface area (Å²) in [6.07, 6.45) is 0.290. The number of ketones is 1. The van der Waals surface area contributed by atoms with Crippen LogP contribution in [0.4, 0.5) is 0 Å². The summed E-state index contributed by atoms with van der Waals surface area (Å²) < 4.78 is -0.0368. The second kappa shape index (κ2) is 5.32. The van der Waals surface area contributed by atoms with E-state index in [2.05, 4.69) is 31.9 Å². The standard InChI is InChI=1S/C10H11Br2NO4/c1-13(2)3-4-8(14)6(11)5(10(16)17)7(12)9(4)15/h3,6,8,14H,1-2H3,(H,16,17). The fourth-order valence-electron chi connectivity index (χ4n) is 1.44. The van der Waals surface area contributed by atoms with Crippen LogP contribution in [0, 0.1) is 0 Å². The van der Waals surface area contributed by atoms with Crippen LogP contribution in [0.25, 0.3) is 0 Å². The number of alkyl halides is 1. The van der Waals surface area contributed by atoms with Crippen molar-refractivity contribution in [2.45, 2.75) is 10.9 Å². The zero-order chi connectivity index (χ0) is 13.3. The molecule has 1 aliphatic carbocycles. The van der Waals surface area contributed by atoms with Gasteiger partial charge < -0.3 is 15.1 Å². The van der Waals surface area contributed by atoms with Gasteiger partial charge in [0, 0.05) is 25.9 Å². The molecule has 0 aromatic heterocycles. The Hall–Kier alpha value is -0.660. The first kappa shape index (κ1) is 14.4. The first-order chi connectivity index (χ1) is 7.77. The highest BCUT2D eigenvalue weighted by molar-refractivity contribution is 9.12. The molecule has 17 heavy (non-hydrogen) atoms. The molecule has 0 heterocycles. The highest BCUT2D eigenvalue weighted by Crippen LogP contribution is 2.34. The summed E-state index contributed by atoms with van der Waals surface area (Å²) in [5.74, 6) is -1.76. The second-order valence-corrected chi connectivity index (χ2v) is 5.54. The van der Waals surface area contributed by atoms with Crippen LogP contribution >= 0.6 is 31.9 Å². The molecule has 5 nitrogen and oxygen atoms in total. The van der Waals surface area contributed by atoms with E-state index < -0.39 is 22.7 Å². The predicted molar refractivity (Wildman–Crippen MR) is 69.1 cm³/mol. The molecule has 94 valence electrons. The van der Waals surface area contributed by atoms with Crippen LogP contribution in [-0.2, 0) is 9.59 Å². The maximum Gasteiger partial charge on any atom is 0.334 e. The molecule has 0 saturated carbocycles. The van der Waals surface area contributed by atoms with Crippen LogP contribution in [0.1, 0.15) is 0 Å². The Kier molecular flexibility index (Phi) is 4.51. The number of hydrogen-bond donors (Lipinski definition) is 2. The van der Waals surface area contributed by atoms with E-state index in [4.69, 9.17) is 5.11 Å². The molecule has 0 radical (unpaired) electrons. The van der Waals surface area contributed by atoms with Gasteiger partial charge in [0.05, 0.1) is 14.9 Å². The van der Waals surface area contributed by atoms with E-state index in [-0.39, 0.29) is 15.6 Å². The topological polar surface area (TPSA) is 77.8 Å². The van der Waals surface area contributed by atoms with Crippen molar-refractivity contribution < 1.29 is 19.8 Å². The van der Waals surface area contributed by atoms with Gasteiger partial charge in [-0.1, -0.05) is 15.9 Å². The first-order valence-electron chi connectivity index (χ1n) is 4.65. The highest BCUT2D eigenvalue weighted by Gasteiger charge is 2.40. The van der Waals surface area contributed by atoms with Crippen molar-refractivity contribution >= 4 is 43.6 Å². The minimum atomic E-state index is -1.24. The minimum absolute atomic E-state index is 0.0368. The summed E-state index contributed by atoms with van der Waals surface area (Å²) >= 11 is 6.06. The molecule has 1 aliphatic rings. The minimum Gasteiger partial charge on any atom is -0.478 e. The largest absolute Gasteiger partial charge is 0.478 e. The zero-order valence-corrected chi connectivity index (χ0v) is 12.3. The Balaban J connectivity index is 3.33. The van der Waals surface area contributed by atoms with Gasteiger partial charge in [-0.3, -0.25) is 4.79 Å². The lowest BCUT2D eigenvalue weighted by atomic mass is 9.91. The normalized spacial score (nSPS) is 27.6. The maximum absolute atomic E-state index is 11.9. The van der Waals surface area contributed by atoms with Crippen molar-refractivity contribution in [2.75, 3.05) is 14.1 Å². The van der Waals surface area contributed by atoms with Crippen molar-refractivity contribution in [1.82, 2.24) is 4.90 Å². The summed E-state index contributed by atoms with van der Waals surface area (Å²) in [6.45, 7) is 0. The number of aliphatic hydroxyl groups excluding tert-OH is 1. The van der Waals surface area contributed by atoms with Crippen molar-refractivity contribution in [2.24, 2.45) is 0 Å². The molecule has 0 aliphatic heterocycles. The highest BCUT2D eigenvalue weighted by atomic mass is 79.9. The molecule has 0 saturated heterocycles. The van der Waals surface area contributed by atoms with Crippen molar-refractivity contribution in [3.8, 4) is 0 Å². The van der Waals surface area contributed by atoms with Crippen LogP contribution in [-0.4, -0.2) is 51.9 Å². The predicted octanol–water partition coefficient (Wildman–Crippen LogP) is 0.873. The van der Waals surface area contributed by atoms with E-state index in [1.165, 1.54) is 6.20 Å². The van der Waals surface area contributed by atoms with Gasteiger partial charge >= 0.3 is 5.97 Å². The van der Waals surface area contributed by atoms with E-state index in [0.29, 0.717) is 0 Å². The van der Waals surface area contributed by atoms with E-state index in [9.17, 15) is 14.7 Å². The Morgan fingerprint density at radius 3 is 2.41 bits per heavy atom. The number of carboxylic acids is 1. The number of halogens is 2. The van der Waals surface area contributed by atoms with Crippen LogP contribution in [0.2, 0.25) is 0 Å². The Bertz CT molecular complexity index is 428. The number of Topliss-reactive ketones (excluding diaryl/α,β-unsaturated/α-hetero) is 1. The molecular formula is C10H11Br2NO4. The summed E-state index contributed by atoms with van der Waals surface area (Å²) in [7, 11) is 3.42. The number of nitrogens with zero attached hydrogens (tertiary/aromatic N) is 1. The average molecular weight is 369 g/mol. The summed E-state index contributed by atoms with van der Waals surface area (Å²) in [4.78, 5) is 23.7. The van der Waals surface area contributed by atoms with Crippen LogP contribution < -0.4 is 0 Å². The van der Waals surface area contributed by atoms with Gasteiger partial charge in [0.1, 0.15) is 6.10 Å². The zero-order valence-electron chi connectivity index (χ0n) is 9.15. The second-order valence-electron chi connectivity index (χ2n) is 3.76. The van der Waals surface area contributed by atoms with Crippen molar-refractivity contribution in [3.05, 3.63) is 21.8 Å². The number of aliphatic hydroxyl groups is 1. The molecule has 0 aromatic rings. The summed E-state index contributed by atoms with van der Waals surface area (Å²) in [5, 5.41) is 18.9. The summed E-state index contributed by atoms with van der Waals surface area (Å²) in [6, 6.07) is 0. The number of allylic oxidation sites excluding steroid dienone is 1. The van der Waals surface area contributed by atoms with Gasteiger partial charge in [-0.2, -0.15) is 0 Å². The fourth-order valence-corrected chi connectivity index (χ4v) is 3.11. The molecule has 0 bridgehead atoms. The third kappa shape index (κ3) is 2.78. The number of carboxylic acid groups (broad SMARTS) is 1. The lowest BCUT2D eigenvalue weighted by molar-refractivity contribution is -0.133. The SMILES string of the molecule is CN(C)C=C1C(=O)C(Br)=C(C(=O)O)C(Br)C1O. The first-order valence-corrected chi connectivity index (χ1v) is 6.36. The van der Waals surface area contributed by atoms with Gasteiger partial charge in [0.2, 0.25) is 5.78 Å².